The van der Waals surface area contributed by atoms with Gasteiger partial charge in [-0.25, -0.2) is 9.97 Å². The maximum Gasteiger partial charge on any atom is 0.142 e. The highest BCUT2D eigenvalue weighted by Crippen LogP contribution is 2.29. The Hall–Kier alpha value is -1.30. The van der Waals surface area contributed by atoms with Gasteiger partial charge in [-0.1, -0.05) is 28.1 Å². The zero-order valence-corrected chi connectivity index (χ0v) is 13.5. The van der Waals surface area contributed by atoms with Crippen molar-refractivity contribution in [3.05, 3.63) is 58.6 Å². The van der Waals surface area contributed by atoms with Crippen LogP contribution >= 0.6 is 15.9 Å². The molecule has 2 aromatic rings. The van der Waals surface area contributed by atoms with Gasteiger partial charge in [0, 0.05) is 29.5 Å². The molecule has 1 aliphatic rings. The van der Waals surface area contributed by atoms with E-state index in [4.69, 9.17) is 4.74 Å². The SMILES string of the molecule is C[C@@H]1[C@H](c2ccc(Br)cc2)OCCN1Cc1ncccn1. The number of hydrogen-bond donors (Lipinski definition) is 0. The Bertz CT molecular complexity index is 576. The highest BCUT2D eigenvalue weighted by molar-refractivity contribution is 9.10. The van der Waals surface area contributed by atoms with Crippen molar-refractivity contribution in [3.63, 3.8) is 0 Å². The molecule has 1 aliphatic heterocycles. The lowest BCUT2D eigenvalue weighted by Gasteiger charge is -2.39. The maximum atomic E-state index is 5.99. The van der Waals surface area contributed by atoms with Crippen LogP contribution in [0.3, 0.4) is 0 Å². The minimum atomic E-state index is 0.0931. The number of halogens is 1. The van der Waals surface area contributed by atoms with Gasteiger partial charge in [-0.3, -0.25) is 4.90 Å². The number of rotatable bonds is 3. The summed E-state index contributed by atoms with van der Waals surface area (Å²) in [6.45, 7) is 4.61. The Balaban J connectivity index is 1.74. The van der Waals surface area contributed by atoms with Crippen molar-refractivity contribution in [2.45, 2.75) is 25.6 Å². The van der Waals surface area contributed by atoms with Crippen LogP contribution < -0.4 is 0 Å². The Morgan fingerprint density at radius 2 is 1.95 bits per heavy atom. The summed E-state index contributed by atoms with van der Waals surface area (Å²) in [5.74, 6) is 0.862. The average molecular weight is 348 g/mol. The Kier molecular flexibility index (Phi) is 4.63. The first-order valence-electron chi connectivity index (χ1n) is 7.11. The highest BCUT2D eigenvalue weighted by Gasteiger charge is 2.30. The molecule has 0 N–H and O–H groups in total. The fourth-order valence-corrected chi connectivity index (χ4v) is 2.94. The minimum Gasteiger partial charge on any atom is -0.371 e. The molecule has 2 atom stereocenters. The molecule has 2 heterocycles. The number of ether oxygens (including phenoxy) is 1. The molecule has 4 nitrogen and oxygen atoms in total. The molecule has 0 bridgehead atoms. The van der Waals surface area contributed by atoms with Crippen LogP contribution in [-0.2, 0) is 11.3 Å². The molecule has 1 aromatic heterocycles. The summed E-state index contributed by atoms with van der Waals surface area (Å²) in [7, 11) is 0. The second kappa shape index (κ2) is 6.64. The van der Waals surface area contributed by atoms with Crippen LogP contribution in [0.1, 0.15) is 24.4 Å². The summed E-state index contributed by atoms with van der Waals surface area (Å²) >= 11 is 3.47. The van der Waals surface area contributed by atoms with E-state index in [-0.39, 0.29) is 6.10 Å². The largest absolute Gasteiger partial charge is 0.371 e. The van der Waals surface area contributed by atoms with Crippen LogP contribution in [0.2, 0.25) is 0 Å². The van der Waals surface area contributed by atoms with Crippen molar-refractivity contribution in [1.29, 1.82) is 0 Å². The lowest BCUT2D eigenvalue weighted by molar-refractivity contribution is -0.0710. The lowest BCUT2D eigenvalue weighted by Crippen LogP contribution is -2.45. The number of aromatic nitrogens is 2. The van der Waals surface area contributed by atoms with E-state index in [2.05, 4.69) is 62.0 Å². The number of morpholine rings is 1. The van der Waals surface area contributed by atoms with Crippen molar-refractivity contribution >= 4 is 15.9 Å². The van der Waals surface area contributed by atoms with Crippen LogP contribution in [0, 0.1) is 0 Å². The summed E-state index contributed by atoms with van der Waals surface area (Å²) in [6, 6.07) is 10.5. The highest BCUT2D eigenvalue weighted by atomic mass is 79.9. The van der Waals surface area contributed by atoms with E-state index in [1.54, 1.807) is 12.4 Å². The van der Waals surface area contributed by atoms with Crippen LogP contribution in [0.15, 0.2) is 47.2 Å². The molecule has 21 heavy (non-hydrogen) atoms. The maximum absolute atomic E-state index is 5.99. The Labute approximate surface area is 133 Å². The van der Waals surface area contributed by atoms with Crippen LogP contribution in [0.25, 0.3) is 0 Å². The number of nitrogens with zero attached hydrogens (tertiary/aromatic N) is 3. The van der Waals surface area contributed by atoms with E-state index < -0.39 is 0 Å². The molecule has 0 aliphatic carbocycles. The summed E-state index contributed by atoms with van der Waals surface area (Å²) in [5.41, 5.74) is 1.21. The van der Waals surface area contributed by atoms with Gasteiger partial charge in [0.15, 0.2) is 0 Å². The average Bonchev–Trinajstić information content (AvgIpc) is 2.52. The molecule has 0 unspecified atom stereocenters. The Morgan fingerprint density at radius 3 is 2.67 bits per heavy atom. The first kappa shape index (κ1) is 14.6. The standard InChI is InChI=1S/C16H18BrN3O/c1-12-16(13-3-5-14(17)6-4-13)21-10-9-20(12)11-15-18-7-2-8-19-15/h2-8,12,16H,9-11H2,1H3/t12-,16-/m1/s1. The van der Waals surface area contributed by atoms with Crippen molar-refractivity contribution in [1.82, 2.24) is 14.9 Å². The van der Waals surface area contributed by atoms with Crippen molar-refractivity contribution in [2.75, 3.05) is 13.2 Å². The van der Waals surface area contributed by atoms with E-state index in [0.717, 1.165) is 30.0 Å². The fraction of sp³-hybridized carbons (Fsp3) is 0.375. The van der Waals surface area contributed by atoms with Gasteiger partial charge in [-0.2, -0.15) is 0 Å². The molecule has 0 spiro atoms. The summed E-state index contributed by atoms with van der Waals surface area (Å²) in [5, 5.41) is 0. The summed E-state index contributed by atoms with van der Waals surface area (Å²) in [4.78, 5) is 11.0. The summed E-state index contributed by atoms with van der Waals surface area (Å²) < 4.78 is 7.07. The molecule has 3 rings (SSSR count). The smallest absolute Gasteiger partial charge is 0.142 e. The van der Waals surface area contributed by atoms with Gasteiger partial charge in [-0.15, -0.1) is 0 Å². The fourth-order valence-electron chi connectivity index (χ4n) is 2.67. The molecule has 1 saturated heterocycles. The van der Waals surface area contributed by atoms with Crippen LogP contribution in [-0.4, -0.2) is 34.1 Å². The minimum absolute atomic E-state index is 0.0931. The van der Waals surface area contributed by atoms with Gasteiger partial charge in [0.1, 0.15) is 5.82 Å². The topological polar surface area (TPSA) is 38.2 Å². The van der Waals surface area contributed by atoms with Crippen LogP contribution in [0.4, 0.5) is 0 Å². The van der Waals surface area contributed by atoms with Crippen LogP contribution in [0.5, 0.6) is 0 Å². The first-order chi connectivity index (χ1) is 10.2. The van der Waals surface area contributed by atoms with Gasteiger partial charge < -0.3 is 4.74 Å². The van der Waals surface area contributed by atoms with E-state index in [1.165, 1.54) is 5.56 Å². The quantitative estimate of drug-likeness (QED) is 0.854. The second-order valence-electron chi connectivity index (χ2n) is 5.22. The van der Waals surface area contributed by atoms with Gasteiger partial charge in [0.2, 0.25) is 0 Å². The molecule has 0 amide bonds. The lowest BCUT2D eigenvalue weighted by atomic mass is 10.0. The number of hydrogen-bond acceptors (Lipinski definition) is 4. The zero-order valence-electron chi connectivity index (χ0n) is 11.9. The first-order valence-corrected chi connectivity index (χ1v) is 7.90. The molecule has 110 valence electrons. The normalized spacial score (nSPS) is 23.1. The van der Waals surface area contributed by atoms with Gasteiger partial charge in [-0.05, 0) is 30.7 Å². The predicted octanol–water partition coefficient (Wildman–Crippen LogP) is 3.20. The predicted molar refractivity (Wildman–Crippen MR) is 84.7 cm³/mol. The van der Waals surface area contributed by atoms with Crippen molar-refractivity contribution < 1.29 is 4.74 Å². The van der Waals surface area contributed by atoms with Crippen molar-refractivity contribution in [3.8, 4) is 0 Å². The monoisotopic (exact) mass is 347 g/mol. The van der Waals surface area contributed by atoms with E-state index in [0.29, 0.717) is 6.04 Å². The third kappa shape index (κ3) is 3.48. The molecule has 0 radical (unpaired) electrons. The molecule has 5 heteroatoms. The van der Waals surface area contributed by atoms with Gasteiger partial charge in [0.05, 0.1) is 19.3 Å². The molecular formula is C16H18BrN3O. The molecule has 0 saturated carbocycles. The second-order valence-corrected chi connectivity index (χ2v) is 6.13. The summed E-state index contributed by atoms with van der Waals surface area (Å²) in [6.07, 6.45) is 3.68. The zero-order chi connectivity index (χ0) is 14.7. The molecule has 1 aromatic carbocycles. The third-order valence-electron chi connectivity index (χ3n) is 3.85. The number of benzene rings is 1. The third-order valence-corrected chi connectivity index (χ3v) is 4.38. The van der Waals surface area contributed by atoms with E-state index >= 15 is 0 Å². The van der Waals surface area contributed by atoms with E-state index in [1.807, 2.05) is 6.07 Å². The van der Waals surface area contributed by atoms with Gasteiger partial charge in [0.25, 0.3) is 0 Å². The molecular weight excluding hydrogens is 330 g/mol. The Morgan fingerprint density at radius 1 is 1.24 bits per heavy atom. The van der Waals surface area contributed by atoms with E-state index in [9.17, 15) is 0 Å². The van der Waals surface area contributed by atoms with Crippen molar-refractivity contribution in [2.24, 2.45) is 0 Å². The molecule has 1 fully saturated rings. The van der Waals surface area contributed by atoms with Gasteiger partial charge >= 0.3 is 0 Å².